The molecular formula is C15H15BrN2O. The Morgan fingerprint density at radius 3 is 2.79 bits per heavy atom. The molecule has 4 heteroatoms. The normalized spacial score (nSPS) is 10.3. The fourth-order valence-corrected chi connectivity index (χ4v) is 2.36. The minimum atomic E-state index is -0.198. The molecule has 1 N–H and O–H groups in total. The van der Waals surface area contributed by atoms with Crippen molar-refractivity contribution < 1.29 is 4.79 Å². The maximum absolute atomic E-state index is 12.3. The van der Waals surface area contributed by atoms with Gasteiger partial charge in [0.15, 0.2) is 0 Å². The first-order valence-corrected chi connectivity index (χ1v) is 6.93. The van der Waals surface area contributed by atoms with E-state index in [9.17, 15) is 4.79 Å². The second kappa shape index (κ2) is 5.97. The first-order chi connectivity index (χ1) is 9.13. The number of halogens is 1. The molecule has 2 rings (SSSR count). The zero-order valence-electron chi connectivity index (χ0n) is 10.9. The van der Waals surface area contributed by atoms with E-state index in [1.165, 1.54) is 0 Å². The molecule has 1 heterocycles. The summed E-state index contributed by atoms with van der Waals surface area (Å²) in [6.45, 7) is 4.06. The second-order valence-electron chi connectivity index (χ2n) is 4.25. The monoisotopic (exact) mass is 318 g/mol. The molecule has 0 radical (unpaired) electrons. The predicted octanol–water partition coefficient (Wildman–Crippen LogP) is 3.97. The number of nitrogens with one attached hydrogen (secondary N) is 1. The van der Waals surface area contributed by atoms with Crippen LogP contribution < -0.4 is 5.32 Å². The summed E-state index contributed by atoms with van der Waals surface area (Å²) in [6, 6.07) is 9.60. The van der Waals surface area contributed by atoms with Crippen molar-refractivity contribution in [2.45, 2.75) is 20.3 Å². The summed E-state index contributed by atoms with van der Waals surface area (Å²) in [5.74, 6) is -0.198. The Bertz CT molecular complexity index is 611. The lowest BCUT2D eigenvalue weighted by atomic mass is 10.1. The van der Waals surface area contributed by atoms with E-state index < -0.39 is 0 Å². The third-order valence-corrected chi connectivity index (χ3v) is 3.59. The molecule has 0 saturated heterocycles. The van der Waals surface area contributed by atoms with Gasteiger partial charge in [-0.25, -0.2) is 4.98 Å². The van der Waals surface area contributed by atoms with Crippen molar-refractivity contribution in [3.63, 3.8) is 0 Å². The summed E-state index contributed by atoms with van der Waals surface area (Å²) < 4.78 is 0.694. The second-order valence-corrected chi connectivity index (χ2v) is 5.10. The molecule has 0 aliphatic rings. The largest absolute Gasteiger partial charge is 0.320 e. The summed E-state index contributed by atoms with van der Waals surface area (Å²) >= 11 is 3.34. The number of rotatable bonds is 3. The number of carbonyl (C=O) groups excluding carboxylic acids is 1. The third-order valence-electron chi connectivity index (χ3n) is 2.95. The van der Waals surface area contributed by atoms with Crippen LogP contribution in [0.5, 0.6) is 0 Å². The Labute approximate surface area is 121 Å². The van der Waals surface area contributed by atoms with E-state index in [0.29, 0.717) is 10.2 Å². The number of benzene rings is 1. The number of amides is 1. The van der Waals surface area contributed by atoms with Crippen LogP contribution in [0.4, 0.5) is 5.69 Å². The van der Waals surface area contributed by atoms with Gasteiger partial charge in [-0.2, -0.15) is 0 Å². The first-order valence-electron chi connectivity index (χ1n) is 6.13. The molecule has 0 atom stereocenters. The van der Waals surface area contributed by atoms with E-state index >= 15 is 0 Å². The molecule has 0 fully saturated rings. The molecular weight excluding hydrogens is 304 g/mol. The Kier molecular flexibility index (Phi) is 4.32. The Morgan fingerprint density at radius 2 is 2.11 bits per heavy atom. The van der Waals surface area contributed by atoms with Crippen LogP contribution in [0.15, 0.2) is 41.0 Å². The third kappa shape index (κ3) is 3.01. The van der Waals surface area contributed by atoms with Gasteiger partial charge in [0.05, 0.1) is 0 Å². The minimum Gasteiger partial charge on any atom is -0.320 e. The fourth-order valence-electron chi connectivity index (χ4n) is 1.93. The maximum Gasteiger partial charge on any atom is 0.275 e. The van der Waals surface area contributed by atoms with Crippen molar-refractivity contribution in [3.8, 4) is 0 Å². The Morgan fingerprint density at radius 1 is 1.32 bits per heavy atom. The van der Waals surface area contributed by atoms with Gasteiger partial charge in [0.25, 0.3) is 5.91 Å². The number of aryl methyl sites for hydroxylation is 2. The van der Waals surface area contributed by atoms with Gasteiger partial charge in [-0.05, 0) is 52.5 Å². The van der Waals surface area contributed by atoms with Crippen molar-refractivity contribution >= 4 is 27.5 Å². The Balaban J connectivity index is 2.32. The zero-order chi connectivity index (χ0) is 13.8. The minimum absolute atomic E-state index is 0.198. The van der Waals surface area contributed by atoms with Crippen LogP contribution in [-0.2, 0) is 6.42 Å². The first kappa shape index (κ1) is 13.7. The lowest BCUT2D eigenvalue weighted by molar-refractivity contribution is 0.102. The number of pyridine rings is 1. The van der Waals surface area contributed by atoms with Gasteiger partial charge in [-0.1, -0.05) is 25.1 Å². The molecule has 0 unspecified atom stereocenters. The topological polar surface area (TPSA) is 42.0 Å². The zero-order valence-corrected chi connectivity index (χ0v) is 12.5. The number of hydrogen-bond acceptors (Lipinski definition) is 2. The molecule has 0 saturated carbocycles. The molecule has 3 nitrogen and oxygen atoms in total. The summed E-state index contributed by atoms with van der Waals surface area (Å²) in [4.78, 5) is 16.4. The molecule has 1 aromatic heterocycles. The smallest absolute Gasteiger partial charge is 0.275 e. The highest BCUT2D eigenvalue weighted by Crippen LogP contribution is 2.23. The van der Waals surface area contributed by atoms with E-state index in [4.69, 9.17) is 0 Å². The molecule has 2 aromatic rings. The molecule has 0 aliphatic heterocycles. The quantitative estimate of drug-likeness (QED) is 0.930. The standard InChI is InChI=1S/C15H15BrN2O/c1-3-11-7-4-6-10(2)13(11)18-15(19)14-12(16)8-5-9-17-14/h4-9H,3H2,1-2H3,(H,18,19). The van der Waals surface area contributed by atoms with Gasteiger partial charge in [-0.3, -0.25) is 4.79 Å². The van der Waals surface area contributed by atoms with E-state index in [-0.39, 0.29) is 5.91 Å². The van der Waals surface area contributed by atoms with Crippen molar-refractivity contribution in [2.24, 2.45) is 0 Å². The molecule has 0 bridgehead atoms. The lowest BCUT2D eigenvalue weighted by Crippen LogP contribution is -2.16. The average Bonchev–Trinajstić information content (AvgIpc) is 2.41. The number of para-hydroxylation sites is 1. The van der Waals surface area contributed by atoms with Crippen molar-refractivity contribution in [1.82, 2.24) is 4.98 Å². The Hall–Kier alpha value is -1.68. The van der Waals surface area contributed by atoms with E-state index in [1.54, 1.807) is 18.3 Å². The van der Waals surface area contributed by atoms with Crippen molar-refractivity contribution in [1.29, 1.82) is 0 Å². The number of hydrogen-bond donors (Lipinski definition) is 1. The highest BCUT2D eigenvalue weighted by molar-refractivity contribution is 9.10. The van der Waals surface area contributed by atoms with Crippen LogP contribution in [0, 0.1) is 6.92 Å². The van der Waals surface area contributed by atoms with Crippen LogP contribution in [0.3, 0.4) is 0 Å². The van der Waals surface area contributed by atoms with E-state index in [0.717, 1.165) is 23.2 Å². The van der Waals surface area contributed by atoms with Crippen LogP contribution in [0.2, 0.25) is 0 Å². The van der Waals surface area contributed by atoms with Crippen LogP contribution >= 0.6 is 15.9 Å². The fraction of sp³-hybridized carbons (Fsp3) is 0.200. The number of anilines is 1. The SMILES string of the molecule is CCc1cccc(C)c1NC(=O)c1ncccc1Br. The molecule has 1 amide bonds. The molecule has 0 aliphatic carbocycles. The van der Waals surface area contributed by atoms with Crippen molar-refractivity contribution in [3.05, 3.63) is 57.8 Å². The predicted molar refractivity (Wildman–Crippen MR) is 80.4 cm³/mol. The van der Waals surface area contributed by atoms with Crippen molar-refractivity contribution in [2.75, 3.05) is 5.32 Å². The average molecular weight is 319 g/mol. The molecule has 0 spiro atoms. The summed E-state index contributed by atoms with van der Waals surface area (Å²) in [6.07, 6.45) is 2.49. The highest BCUT2D eigenvalue weighted by atomic mass is 79.9. The van der Waals surface area contributed by atoms with Crippen LogP contribution in [0.25, 0.3) is 0 Å². The van der Waals surface area contributed by atoms with Gasteiger partial charge in [0.1, 0.15) is 5.69 Å². The molecule has 1 aromatic carbocycles. The summed E-state index contributed by atoms with van der Waals surface area (Å²) in [7, 11) is 0. The van der Waals surface area contributed by atoms with Gasteiger partial charge in [0.2, 0.25) is 0 Å². The number of carbonyl (C=O) groups is 1. The van der Waals surface area contributed by atoms with E-state index in [1.807, 2.05) is 25.1 Å². The number of aromatic nitrogens is 1. The summed E-state index contributed by atoms with van der Waals surface area (Å²) in [5.41, 5.74) is 3.46. The molecule has 19 heavy (non-hydrogen) atoms. The van der Waals surface area contributed by atoms with Gasteiger partial charge in [0, 0.05) is 16.4 Å². The van der Waals surface area contributed by atoms with Crippen LogP contribution in [0.1, 0.15) is 28.5 Å². The van der Waals surface area contributed by atoms with Gasteiger partial charge >= 0.3 is 0 Å². The van der Waals surface area contributed by atoms with Gasteiger partial charge in [-0.15, -0.1) is 0 Å². The van der Waals surface area contributed by atoms with Gasteiger partial charge < -0.3 is 5.32 Å². The van der Waals surface area contributed by atoms with Crippen LogP contribution in [-0.4, -0.2) is 10.9 Å². The maximum atomic E-state index is 12.3. The van der Waals surface area contributed by atoms with E-state index in [2.05, 4.69) is 33.2 Å². The molecule has 98 valence electrons. The number of nitrogens with zero attached hydrogens (tertiary/aromatic N) is 1. The highest BCUT2D eigenvalue weighted by Gasteiger charge is 2.14. The lowest BCUT2D eigenvalue weighted by Gasteiger charge is -2.13. The summed E-state index contributed by atoms with van der Waals surface area (Å²) in [5, 5.41) is 2.96.